The first-order valence-electron chi connectivity index (χ1n) is 9.66. The van der Waals surface area contributed by atoms with E-state index in [9.17, 15) is 0 Å². The maximum atomic E-state index is 15.8. The highest BCUT2D eigenvalue weighted by atomic mass is 19.1. The van der Waals surface area contributed by atoms with Gasteiger partial charge in [-0.15, -0.1) is 0 Å². The van der Waals surface area contributed by atoms with E-state index in [1.54, 1.807) is 0 Å². The van der Waals surface area contributed by atoms with Crippen LogP contribution in [0.3, 0.4) is 0 Å². The molecular weight excluding hydrogens is 321 g/mol. The smallest absolute Gasteiger partial charge is 0.126 e. The highest BCUT2D eigenvalue weighted by molar-refractivity contribution is 6.00. The second kappa shape index (κ2) is 5.39. The lowest BCUT2D eigenvalue weighted by Gasteiger charge is -2.42. The Morgan fingerprint density at radius 3 is 2.85 bits per heavy atom. The molecule has 0 spiro atoms. The highest BCUT2D eigenvalue weighted by Gasteiger charge is 2.43. The van der Waals surface area contributed by atoms with Crippen LogP contribution in [0.25, 0.3) is 16.3 Å². The molecule has 1 aromatic heterocycles. The van der Waals surface area contributed by atoms with Gasteiger partial charge < -0.3 is 0 Å². The summed E-state index contributed by atoms with van der Waals surface area (Å²) in [5, 5.41) is 2.42. The van der Waals surface area contributed by atoms with Gasteiger partial charge in [0.25, 0.3) is 0 Å². The second-order valence-corrected chi connectivity index (χ2v) is 8.64. The van der Waals surface area contributed by atoms with Gasteiger partial charge in [0, 0.05) is 22.6 Å². The average Bonchev–Trinajstić information content (AvgIpc) is 2.60. The number of fused-ring (bicyclic) bond motifs is 4. The summed E-state index contributed by atoms with van der Waals surface area (Å²) >= 11 is 0. The van der Waals surface area contributed by atoms with Crippen molar-refractivity contribution in [1.82, 2.24) is 4.98 Å². The van der Waals surface area contributed by atoms with Gasteiger partial charge in [0.15, 0.2) is 0 Å². The summed E-state index contributed by atoms with van der Waals surface area (Å²) in [6.45, 7) is 6.54. The molecule has 2 bridgehead atoms. The lowest BCUT2D eigenvalue weighted by Crippen LogP contribution is -2.31. The van der Waals surface area contributed by atoms with Gasteiger partial charge in [0.2, 0.25) is 0 Å². The molecule has 5 rings (SSSR count). The molecule has 3 aliphatic rings. The molecular formula is C24H24FN. The normalized spacial score (nSPS) is 26.6. The maximum Gasteiger partial charge on any atom is 0.126 e. The predicted molar refractivity (Wildman–Crippen MR) is 105 cm³/mol. The van der Waals surface area contributed by atoms with Gasteiger partial charge in [0.1, 0.15) is 5.83 Å². The van der Waals surface area contributed by atoms with Crippen LogP contribution in [0.2, 0.25) is 0 Å². The van der Waals surface area contributed by atoms with Crippen LogP contribution in [0.15, 0.2) is 59.6 Å². The van der Waals surface area contributed by atoms with Crippen molar-refractivity contribution in [2.24, 2.45) is 11.8 Å². The topological polar surface area (TPSA) is 12.9 Å². The highest BCUT2D eigenvalue weighted by Crippen LogP contribution is 2.56. The fourth-order valence-electron chi connectivity index (χ4n) is 5.31. The maximum absolute atomic E-state index is 15.8. The van der Waals surface area contributed by atoms with E-state index in [-0.39, 0.29) is 11.2 Å². The number of hydrogen-bond acceptors (Lipinski definition) is 1. The first kappa shape index (κ1) is 16.0. The van der Waals surface area contributed by atoms with Crippen LogP contribution in [0, 0.1) is 11.8 Å². The Balaban J connectivity index is 1.89. The van der Waals surface area contributed by atoms with E-state index < -0.39 is 0 Å². The van der Waals surface area contributed by atoms with E-state index >= 15 is 4.39 Å². The molecule has 2 aromatic rings. The fourth-order valence-corrected chi connectivity index (χ4v) is 5.31. The van der Waals surface area contributed by atoms with Crippen molar-refractivity contribution in [3.05, 3.63) is 70.8 Å². The van der Waals surface area contributed by atoms with E-state index in [0.29, 0.717) is 11.8 Å². The van der Waals surface area contributed by atoms with E-state index in [4.69, 9.17) is 4.98 Å². The summed E-state index contributed by atoms with van der Waals surface area (Å²) < 4.78 is 15.8. The standard InChI is InChI=1S/C24H24FN/c1-14-6-4-8-16-13-17(12-14)22(25)21-20(16)23-19-15(10-11-26-23)7-5-9-18(19)24(21,2)3/h4-7,9-11,14,16H,8,12-13H2,1-3H3. The van der Waals surface area contributed by atoms with Gasteiger partial charge >= 0.3 is 0 Å². The van der Waals surface area contributed by atoms with Crippen molar-refractivity contribution >= 4 is 16.3 Å². The van der Waals surface area contributed by atoms with Crippen molar-refractivity contribution < 1.29 is 4.39 Å². The predicted octanol–water partition coefficient (Wildman–Crippen LogP) is 6.51. The zero-order valence-corrected chi connectivity index (χ0v) is 15.6. The van der Waals surface area contributed by atoms with Gasteiger partial charge in [0.05, 0.1) is 5.69 Å². The fraction of sp³-hybridized carbons (Fsp3) is 0.375. The minimum atomic E-state index is -0.342. The van der Waals surface area contributed by atoms with Crippen molar-refractivity contribution in [3.8, 4) is 0 Å². The Morgan fingerprint density at radius 1 is 1.15 bits per heavy atom. The Hall–Kier alpha value is -2.22. The third-order valence-corrected chi connectivity index (χ3v) is 6.50. The summed E-state index contributed by atoms with van der Waals surface area (Å²) in [4.78, 5) is 4.77. The largest absolute Gasteiger partial charge is 0.256 e. The zero-order chi connectivity index (χ0) is 18.1. The molecule has 1 heterocycles. The molecule has 2 heteroatoms. The van der Waals surface area contributed by atoms with Crippen LogP contribution in [0.1, 0.15) is 51.3 Å². The second-order valence-electron chi connectivity index (χ2n) is 8.64. The minimum absolute atomic E-state index is 0.0386. The Morgan fingerprint density at radius 2 is 2.00 bits per heavy atom. The van der Waals surface area contributed by atoms with Gasteiger partial charge in [-0.3, -0.25) is 4.98 Å². The summed E-state index contributed by atoms with van der Waals surface area (Å²) in [5.41, 5.74) is 4.92. The van der Waals surface area contributed by atoms with Crippen LogP contribution >= 0.6 is 0 Å². The van der Waals surface area contributed by atoms with Crippen LogP contribution in [0.4, 0.5) is 4.39 Å². The number of nitrogens with zero attached hydrogens (tertiary/aromatic N) is 1. The number of allylic oxidation sites excluding steroid dienone is 6. The van der Waals surface area contributed by atoms with Crippen LogP contribution in [-0.2, 0) is 5.41 Å². The molecule has 0 amide bonds. The molecule has 2 atom stereocenters. The van der Waals surface area contributed by atoms with E-state index in [1.165, 1.54) is 16.3 Å². The SMILES string of the molecule is CC1C=CCC2CC(=C(F)C3=C2c2nccc4cccc(c24)C3(C)C)C1. The molecule has 26 heavy (non-hydrogen) atoms. The quantitative estimate of drug-likeness (QED) is 0.496. The van der Waals surface area contributed by atoms with Gasteiger partial charge in [-0.1, -0.05) is 51.1 Å². The minimum Gasteiger partial charge on any atom is -0.256 e. The number of rotatable bonds is 0. The third-order valence-electron chi connectivity index (χ3n) is 6.50. The summed E-state index contributed by atoms with van der Waals surface area (Å²) in [7, 11) is 0. The lowest BCUT2D eigenvalue weighted by atomic mass is 9.62. The van der Waals surface area contributed by atoms with Gasteiger partial charge in [-0.05, 0) is 59.3 Å². The monoisotopic (exact) mass is 345 g/mol. The number of aromatic nitrogens is 1. The molecule has 1 aromatic carbocycles. The summed E-state index contributed by atoms with van der Waals surface area (Å²) in [6.07, 6.45) is 9.05. The molecule has 0 radical (unpaired) electrons. The van der Waals surface area contributed by atoms with Crippen molar-refractivity contribution in [2.75, 3.05) is 0 Å². The van der Waals surface area contributed by atoms with Crippen LogP contribution in [-0.4, -0.2) is 4.98 Å². The zero-order valence-electron chi connectivity index (χ0n) is 15.6. The van der Waals surface area contributed by atoms with Crippen molar-refractivity contribution in [1.29, 1.82) is 0 Å². The molecule has 3 aliphatic carbocycles. The molecule has 1 nitrogen and oxygen atoms in total. The van der Waals surface area contributed by atoms with Crippen LogP contribution in [0.5, 0.6) is 0 Å². The Bertz CT molecular complexity index is 1020. The molecule has 0 saturated heterocycles. The number of benzene rings is 1. The molecule has 2 unspecified atom stereocenters. The van der Waals surface area contributed by atoms with Crippen molar-refractivity contribution in [3.63, 3.8) is 0 Å². The van der Waals surface area contributed by atoms with E-state index in [2.05, 4.69) is 57.2 Å². The first-order chi connectivity index (χ1) is 12.5. The molecule has 0 aliphatic heterocycles. The van der Waals surface area contributed by atoms with Gasteiger partial charge in [-0.2, -0.15) is 0 Å². The van der Waals surface area contributed by atoms with E-state index in [1.807, 2.05) is 6.20 Å². The average molecular weight is 345 g/mol. The number of halogens is 1. The molecule has 0 saturated carbocycles. The lowest BCUT2D eigenvalue weighted by molar-refractivity contribution is 0.486. The molecule has 0 N–H and O–H groups in total. The van der Waals surface area contributed by atoms with Crippen molar-refractivity contribution in [2.45, 2.75) is 45.4 Å². The number of hydrogen-bond donors (Lipinski definition) is 0. The number of pyridine rings is 1. The summed E-state index contributed by atoms with van der Waals surface area (Å²) in [5.74, 6) is 0.769. The summed E-state index contributed by atoms with van der Waals surface area (Å²) in [6, 6.07) is 8.46. The Labute approximate surface area is 154 Å². The molecule has 132 valence electrons. The van der Waals surface area contributed by atoms with Gasteiger partial charge in [-0.25, -0.2) is 4.39 Å². The Kier molecular flexibility index (Phi) is 3.31. The third kappa shape index (κ3) is 2.05. The first-order valence-corrected chi connectivity index (χ1v) is 9.66. The van der Waals surface area contributed by atoms with Crippen LogP contribution < -0.4 is 0 Å². The molecule has 0 fully saturated rings. The van der Waals surface area contributed by atoms with E-state index in [0.717, 1.165) is 41.7 Å².